The van der Waals surface area contributed by atoms with E-state index in [1.165, 1.54) is 5.56 Å². The summed E-state index contributed by atoms with van der Waals surface area (Å²) in [4.78, 5) is 0. The van der Waals surface area contributed by atoms with E-state index in [4.69, 9.17) is 21.7 Å². The molecule has 0 spiro atoms. The minimum absolute atomic E-state index is 0.621. The zero-order chi connectivity index (χ0) is 16.7. The predicted molar refractivity (Wildman–Crippen MR) is 98.7 cm³/mol. The fraction of sp³-hybridized carbons (Fsp3) is 0.278. The van der Waals surface area contributed by atoms with E-state index in [9.17, 15) is 0 Å². The quantitative estimate of drug-likeness (QED) is 0.793. The van der Waals surface area contributed by atoms with E-state index in [0.717, 1.165) is 35.7 Å². The summed E-state index contributed by atoms with van der Waals surface area (Å²) in [6.45, 7) is 2.80. The van der Waals surface area contributed by atoms with Crippen LogP contribution in [0.15, 0.2) is 42.5 Å². The van der Waals surface area contributed by atoms with Crippen LogP contribution in [-0.4, -0.2) is 25.9 Å². The summed E-state index contributed by atoms with van der Waals surface area (Å²) in [5.74, 6) is 1.48. The Morgan fingerprint density at radius 3 is 2.52 bits per heavy atom. The molecule has 0 bridgehead atoms. The van der Waals surface area contributed by atoms with Crippen molar-refractivity contribution < 1.29 is 9.47 Å². The van der Waals surface area contributed by atoms with Crippen molar-refractivity contribution >= 4 is 23.0 Å². The standard InChI is InChI=1S/C18H22N2O2S/c1-13-5-4-6-15(11-13)20-18(23)19-10-9-14-7-8-16(21-2)17(12-14)22-3/h4-8,11-12H,9-10H2,1-3H3,(H2,19,20,23). The lowest BCUT2D eigenvalue weighted by atomic mass is 10.1. The second-order valence-electron chi connectivity index (χ2n) is 5.19. The molecule has 0 heterocycles. The van der Waals surface area contributed by atoms with Gasteiger partial charge in [0.1, 0.15) is 0 Å². The lowest BCUT2D eigenvalue weighted by molar-refractivity contribution is 0.354. The van der Waals surface area contributed by atoms with Crippen molar-refractivity contribution in [1.82, 2.24) is 5.32 Å². The van der Waals surface area contributed by atoms with Crippen LogP contribution >= 0.6 is 12.2 Å². The molecule has 0 saturated heterocycles. The van der Waals surface area contributed by atoms with Gasteiger partial charge in [0.2, 0.25) is 0 Å². The number of anilines is 1. The molecule has 0 fully saturated rings. The van der Waals surface area contributed by atoms with E-state index in [0.29, 0.717) is 5.11 Å². The fourth-order valence-corrected chi connectivity index (χ4v) is 2.47. The van der Waals surface area contributed by atoms with Gasteiger partial charge in [0.25, 0.3) is 0 Å². The fourth-order valence-electron chi connectivity index (χ4n) is 2.25. The Balaban J connectivity index is 1.83. The maximum Gasteiger partial charge on any atom is 0.170 e. The van der Waals surface area contributed by atoms with Crippen LogP contribution in [0.2, 0.25) is 0 Å². The van der Waals surface area contributed by atoms with Crippen LogP contribution < -0.4 is 20.1 Å². The normalized spacial score (nSPS) is 10.0. The Bertz CT molecular complexity index is 674. The summed E-state index contributed by atoms with van der Waals surface area (Å²) >= 11 is 5.32. The number of ether oxygens (including phenoxy) is 2. The number of hydrogen-bond acceptors (Lipinski definition) is 3. The first kappa shape index (κ1) is 17.1. The third-order valence-electron chi connectivity index (χ3n) is 3.42. The third kappa shape index (κ3) is 5.14. The second-order valence-corrected chi connectivity index (χ2v) is 5.60. The molecule has 0 atom stereocenters. The van der Waals surface area contributed by atoms with Crippen LogP contribution in [-0.2, 0) is 6.42 Å². The summed E-state index contributed by atoms with van der Waals surface area (Å²) < 4.78 is 10.5. The molecule has 122 valence electrons. The zero-order valence-corrected chi connectivity index (χ0v) is 14.5. The van der Waals surface area contributed by atoms with Gasteiger partial charge in [-0.2, -0.15) is 0 Å². The molecule has 4 nitrogen and oxygen atoms in total. The highest BCUT2D eigenvalue weighted by molar-refractivity contribution is 7.80. The molecular weight excluding hydrogens is 308 g/mol. The van der Waals surface area contributed by atoms with Crippen molar-refractivity contribution in [2.45, 2.75) is 13.3 Å². The number of aryl methyl sites for hydroxylation is 1. The Morgan fingerprint density at radius 1 is 1.04 bits per heavy atom. The van der Waals surface area contributed by atoms with Gasteiger partial charge in [-0.3, -0.25) is 0 Å². The molecule has 0 aliphatic heterocycles. The van der Waals surface area contributed by atoms with Crippen molar-refractivity contribution in [1.29, 1.82) is 0 Å². The highest BCUT2D eigenvalue weighted by Gasteiger charge is 2.04. The monoisotopic (exact) mass is 330 g/mol. The predicted octanol–water partition coefficient (Wildman–Crippen LogP) is 3.54. The van der Waals surface area contributed by atoms with Gasteiger partial charge < -0.3 is 20.1 Å². The smallest absolute Gasteiger partial charge is 0.170 e. The minimum atomic E-state index is 0.621. The Kier molecular flexibility index (Phi) is 6.23. The van der Waals surface area contributed by atoms with Gasteiger partial charge in [0.15, 0.2) is 16.6 Å². The van der Waals surface area contributed by atoms with E-state index in [-0.39, 0.29) is 0 Å². The number of benzene rings is 2. The largest absolute Gasteiger partial charge is 0.493 e. The number of hydrogen-bond donors (Lipinski definition) is 2. The van der Waals surface area contributed by atoms with Crippen LogP contribution in [0.3, 0.4) is 0 Å². The Morgan fingerprint density at radius 2 is 1.83 bits per heavy atom. The van der Waals surface area contributed by atoms with Gasteiger partial charge in [0.05, 0.1) is 14.2 Å². The molecule has 23 heavy (non-hydrogen) atoms. The minimum Gasteiger partial charge on any atom is -0.493 e. The van der Waals surface area contributed by atoms with Crippen molar-refractivity contribution in [2.24, 2.45) is 0 Å². The molecule has 0 saturated carbocycles. The number of methoxy groups -OCH3 is 2. The molecule has 0 amide bonds. The van der Waals surface area contributed by atoms with E-state index in [1.54, 1.807) is 14.2 Å². The molecule has 0 aromatic heterocycles. The number of thiocarbonyl (C=S) groups is 1. The molecule has 5 heteroatoms. The number of rotatable bonds is 6. The van der Waals surface area contributed by atoms with Crippen LogP contribution in [0.5, 0.6) is 11.5 Å². The molecule has 0 aliphatic carbocycles. The topological polar surface area (TPSA) is 42.5 Å². The van der Waals surface area contributed by atoms with Crippen molar-refractivity contribution in [3.63, 3.8) is 0 Å². The molecule has 2 N–H and O–H groups in total. The van der Waals surface area contributed by atoms with Crippen LogP contribution in [0.4, 0.5) is 5.69 Å². The maximum absolute atomic E-state index is 5.32. The average molecular weight is 330 g/mol. The van der Waals surface area contributed by atoms with E-state index >= 15 is 0 Å². The van der Waals surface area contributed by atoms with Crippen molar-refractivity contribution in [2.75, 3.05) is 26.1 Å². The average Bonchev–Trinajstić information content (AvgIpc) is 2.54. The van der Waals surface area contributed by atoms with Gasteiger partial charge in [-0.15, -0.1) is 0 Å². The molecule has 0 aliphatic rings. The Hall–Kier alpha value is -2.27. The van der Waals surface area contributed by atoms with E-state index in [2.05, 4.69) is 29.7 Å². The van der Waals surface area contributed by atoms with Gasteiger partial charge in [-0.05, 0) is 61.0 Å². The molecule has 2 aromatic rings. The van der Waals surface area contributed by atoms with E-state index in [1.807, 2.05) is 30.3 Å². The summed E-state index contributed by atoms with van der Waals surface area (Å²) in [5.41, 5.74) is 3.35. The van der Waals surface area contributed by atoms with Crippen LogP contribution in [0.1, 0.15) is 11.1 Å². The van der Waals surface area contributed by atoms with Gasteiger partial charge in [-0.25, -0.2) is 0 Å². The molecular formula is C18H22N2O2S. The second kappa shape index (κ2) is 8.39. The van der Waals surface area contributed by atoms with Gasteiger partial charge >= 0.3 is 0 Å². The van der Waals surface area contributed by atoms with E-state index < -0.39 is 0 Å². The number of nitrogens with one attached hydrogen (secondary N) is 2. The van der Waals surface area contributed by atoms with Gasteiger partial charge in [0, 0.05) is 12.2 Å². The highest BCUT2D eigenvalue weighted by Crippen LogP contribution is 2.27. The molecule has 2 aromatic carbocycles. The van der Waals surface area contributed by atoms with Gasteiger partial charge in [-0.1, -0.05) is 18.2 Å². The maximum atomic E-state index is 5.32. The lowest BCUT2D eigenvalue weighted by Gasteiger charge is -2.12. The molecule has 2 rings (SSSR count). The molecule has 0 radical (unpaired) electrons. The Labute approximate surface area is 142 Å². The first-order valence-corrected chi connectivity index (χ1v) is 7.85. The zero-order valence-electron chi connectivity index (χ0n) is 13.7. The first-order chi connectivity index (χ1) is 11.1. The summed E-state index contributed by atoms with van der Waals surface area (Å²) in [6.07, 6.45) is 0.843. The van der Waals surface area contributed by atoms with Crippen molar-refractivity contribution in [3.05, 3.63) is 53.6 Å². The summed E-state index contributed by atoms with van der Waals surface area (Å²) in [5, 5.41) is 7.02. The molecule has 0 unspecified atom stereocenters. The summed E-state index contributed by atoms with van der Waals surface area (Å²) in [6, 6.07) is 14.0. The van der Waals surface area contributed by atoms with Crippen LogP contribution in [0.25, 0.3) is 0 Å². The SMILES string of the molecule is COc1ccc(CCNC(=S)Nc2cccc(C)c2)cc1OC. The van der Waals surface area contributed by atoms with Crippen molar-refractivity contribution in [3.8, 4) is 11.5 Å². The van der Waals surface area contributed by atoms with Crippen LogP contribution in [0, 0.1) is 6.92 Å². The summed E-state index contributed by atoms with van der Waals surface area (Å²) in [7, 11) is 3.27. The highest BCUT2D eigenvalue weighted by atomic mass is 32.1. The third-order valence-corrected chi connectivity index (χ3v) is 3.67. The lowest BCUT2D eigenvalue weighted by Crippen LogP contribution is -2.30. The first-order valence-electron chi connectivity index (χ1n) is 7.45.